The Bertz CT molecular complexity index is 2070. The van der Waals surface area contributed by atoms with E-state index in [1.807, 2.05) is 25.3 Å². The van der Waals surface area contributed by atoms with Crippen LogP contribution >= 0.6 is 0 Å². The Morgan fingerprint density at radius 2 is 0.921 bits per heavy atom. The monoisotopic (exact) mass is 487 g/mol. The maximum atomic E-state index is 5.09. The van der Waals surface area contributed by atoms with Gasteiger partial charge in [0.1, 0.15) is 0 Å². The highest BCUT2D eigenvalue weighted by Gasteiger charge is 2.10. The van der Waals surface area contributed by atoms with Crippen LogP contribution in [0.4, 0.5) is 0 Å². The first-order chi connectivity index (χ1) is 18.7. The summed E-state index contributed by atoms with van der Waals surface area (Å²) in [5.41, 5.74) is 6.52. The molecule has 0 atom stereocenters. The first-order valence-corrected chi connectivity index (χ1v) is 12.9. The number of pyridine rings is 3. The Balaban J connectivity index is 0.000000140. The van der Waals surface area contributed by atoms with Gasteiger partial charge in [-0.1, -0.05) is 97.1 Å². The summed E-state index contributed by atoms with van der Waals surface area (Å²) in [6.45, 7) is 4.21. The first-order valence-electron chi connectivity index (χ1n) is 12.9. The van der Waals surface area contributed by atoms with Gasteiger partial charge >= 0.3 is 0 Å². The van der Waals surface area contributed by atoms with Crippen LogP contribution in [0.15, 0.2) is 115 Å². The quantitative estimate of drug-likeness (QED) is 0.158. The molecular formula is C35H25N3. The summed E-state index contributed by atoms with van der Waals surface area (Å²) in [6.07, 6.45) is 1.81. The van der Waals surface area contributed by atoms with Crippen LogP contribution in [0.3, 0.4) is 0 Å². The molecular weight excluding hydrogens is 462 g/mol. The molecule has 0 amide bonds. The molecule has 0 aliphatic rings. The van der Waals surface area contributed by atoms with Crippen LogP contribution in [0.25, 0.3) is 65.2 Å². The van der Waals surface area contributed by atoms with Crippen molar-refractivity contribution in [2.45, 2.75) is 13.8 Å². The fourth-order valence-electron chi connectivity index (χ4n) is 5.43. The summed E-state index contributed by atoms with van der Waals surface area (Å²) < 4.78 is 0. The highest BCUT2D eigenvalue weighted by atomic mass is 14.7. The average Bonchev–Trinajstić information content (AvgIpc) is 2.97. The molecule has 38 heavy (non-hydrogen) atoms. The molecule has 0 aliphatic heterocycles. The van der Waals surface area contributed by atoms with Gasteiger partial charge in [-0.05, 0) is 42.3 Å². The molecule has 3 heterocycles. The van der Waals surface area contributed by atoms with E-state index >= 15 is 0 Å². The summed E-state index contributed by atoms with van der Waals surface area (Å²) in [6, 6.07) is 38.1. The lowest BCUT2D eigenvalue weighted by Crippen LogP contribution is -1.90. The molecule has 8 rings (SSSR count). The van der Waals surface area contributed by atoms with E-state index < -0.39 is 0 Å². The number of rotatable bonds is 0. The van der Waals surface area contributed by atoms with Gasteiger partial charge < -0.3 is 0 Å². The SMILES string of the molecule is Cc1c2ccc3ccccc3c2nc2c1ccc1ccccc12.Cc1ccc2ccc3cccnc3c2n1. The zero-order valence-corrected chi connectivity index (χ0v) is 21.3. The number of nitrogens with zero attached hydrogens (tertiary/aromatic N) is 3. The molecule has 3 aromatic heterocycles. The van der Waals surface area contributed by atoms with E-state index in [1.54, 1.807) is 0 Å². The molecule has 0 bridgehead atoms. The normalized spacial score (nSPS) is 11.4. The van der Waals surface area contributed by atoms with Crippen molar-refractivity contribution in [1.82, 2.24) is 15.0 Å². The van der Waals surface area contributed by atoms with Crippen molar-refractivity contribution in [2.75, 3.05) is 0 Å². The van der Waals surface area contributed by atoms with Crippen LogP contribution in [0.1, 0.15) is 11.3 Å². The van der Waals surface area contributed by atoms with Crippen LogP contribution in [-0.2, 0) is 0 Å². The van der Waals surface area contributed by atoms with E-state index in [4.69, 9.17) is 4.98 Å². The fourth-order valence-corrected chi connectivity index (χ4v) is 5.43. The number of aromatic nitrogens is 3. The average molecular weight is 488 g/mol. The van der Waals surface area contributed by atoms with Crippen molar-refractivity contribution in [1.29, 1.82) is 0 Å². The first kappa shape index (κ1) is 22.3. The summed E-state index contributed by atoms with van der Waals surface area (Å²) in [5.74, 6) is 0. The van der Waals surface area contributed by atoms with Gasteiger partial charge in [0, 0.05) is 44.2 Å². The van der Waals surface area contributed by atoms with E-state index in [1.165, 1.54) is 37.9 Å². The Morgan fingerprint density at radius 3 is 1.58 bits per heavy atom. The molecule has 0 saturated carbocycles. The Labute approximate surface area is 220 Å². The van der Waals surface area contributed by atoms with E-state index in [2.05, 4.69) is 114 Å². The highest BCUT2D eigenvalue weighted by Crippen LogP contribution is 2.33. The van der Waals surface area contributed by atoms with Gasteiger partial charge in [-0.15, -0.1) is 0 Å². The molecule has 0 N–H and O–H groups in total. The lowest BCUT2D eigenvalue weighted by molar-refractivity contribution is 1.25. The second-order valence-electron chi connectivity index (χ2n) is 9.77. The molecule has 0 aliphatic carbocycles. The van der Waals surface area contributed by atoms with Crippen molar-refractivity contribution < 1.29 is 0 Å². The molecule has 0 spiro atoms. The molecule has 0 radical (unpaired) electrons. The molecule has 0 saturated heterocycles. The maximum absolute atomic E-state index is 5.09. The standard InChI is InChI=1S/C22H15N.C13H10N2/c1-14-17-12-10-15-6-2-4-8-19(15)21(17)23-22-18(14)13-11-16-7-3-5-9-20(16)22;1-9-4-5-11-7-6-10-3-2-8-14-12(10)13(11)15-9/h2-13H,1H3;2-8H,1H3. The number of hydrogen-bond donors (Lipinski definition) is 0. The summed E-state index contributed by atoms with van der Waals surface area (Å²) in [4.78, 5) is 14.0. The third-order valence-electron chi connectivity index (χ3n) is 7.40. The topological polar surface area (TPSA) is 38.7 Å². The fraction of sp³-hybridized carbons (Fsp3) is 0.0571. The largest absolute Gasteiger partial charge is 0.254 e. The van der Waals surface area contributed by atoms with Crippen LogP contribution < -0.4 is 0 Å². The van der Waals surface area contributed by atoms with Crippen molar-refractivity contribution in [3.8, 4) is 0 Å². The van der Waals surface area contributed by atoms with Crippen molar-refractivity contribution in [3.63, 3.8) is 0 Å². The van der Waals surface area contributed by atoms with Crippen LogP contribution in [-0.4, -0.2) is 15.0 Å². The van der Waals surface area contributed by atoms with Crippen molar-refractivity contribution >= 4 is 65.2 Å². The number of aryl methyl sites for hydroxylation is 2. The second kappa shape index (κ2) is 8.89. The molecule has 5 aromatic carbocycles. The Morgan fingerprint density at radius 1 is 0.395 bits per heavy atom. The molecule has 3 nitrogen and oxygen atoms in total. The number of hydrogen-bond acceptors (Lipinski definition) is 3. The number of benzene rings is 5. The predicted molar refractivity (Wildman–Crippen MR) is 161 cm³/mol. The Kier molecular flexibility index (Phi) is 5.22. The summed E-state index contributed by atoms with van der Waals surface area (Å²) >= 11 is 0. The zero-order valence-electron chi connectivity index (χ0n) is 21.3. The maximum Gasteiger partial charge on any atom is 0.0967 e. The highest BCUT2D eigenvalue weighted by molar-refractivity contribution is 6.15. The third-order valence-corrected chi connectivity index (χ3v) is 7.40. The summed E-state index contributed by atoms with van der Waals surface area (Å²) in [7, 11) is 0. The van der Waals surface area contributed by atoms with Gasteiger partial charge in [0.25, 0.3) is 0 Å². The van der Waals surface area contributed by atoms with E-state index in [9.17, 15) is 0 Å². The second-order valence-corrected chi connectivity index (χ2v) is 9.77. The molecule has 0 fully saturated rings. The van der Waals surface area contributed by atoms with Crippen LogP contribution in [0.2, 0.25) is 0 Å². The predicted octanol–water partition coefficient (Wildman–Crippen LogP) is 9.09. The van der Waals surface area contributed by atoms with Crippen molar-refractivity contribution in [2.24, 2.45) is 0 Å². The third kappa shape index (κ3) is 3.63. The van der Waals surface area contributed by atoms with Crippen molar-refractivity contribution in [3.05, 3.63) is 127 Å². The number of fused-ring (bicyclic) bond motifs is 9. The molecule has 0 unspecified atom stereocenters. The van der Waals surface area contributed by atoms with Gasteiger partial charge in [0.15, 0.2) is 0 Å². The van der Waals surface area contributed by atoms with Gasteiger partial charge in [-0.3, -0.25) is 9.97 Å². The van der Waals surface area contributed by atoms with E-state index in [0.717, 1.165) is 38.5 Å². The van der Waals surface area contributed by atoms with Gasteiger partial charge in [0.2, 0.25) is 0 Å². The molecule has 8 aromatic rings. The minimum Gasteiger partial charge on any atom is -0.254 e. The lowest BCUT2D eigenvalue weighted by Gasteiger charge is -2.11. The lowest BCUT2D eigenvalue weighted by atomic mass is 9.97. The molecule has 180 valence electrons. The minimum atomic E-state index is 0.985. The van der Waals surface area contributed by atoms with Gasteiger partial charge in [0.05, 0.1) is 22.1 Å². The molecule has 3 heteroatoms. The zero-order chi connectivity index (χ0) is 25.6. The van der Waals surface area contributed by atoms with E-state index in [-0.39, 0.29) is 0 Å². The minimum absolute atomic E-state index is 0.985. The summed E-state index contributed by atoms with van der Waals surface area (Å²) in [5, 5.41) is 9.71. The van der Waals surface area contributed by atoms with Crippen LogP contribution in [0.5, 0.6) is 0 Å². The Hall–Kier alpha value is -4.89. The van der Waals surface area contributed by atoms with Crippen LogP contribution in [0, 0.1) is 13.8 Å². The van der Waals surface area contributed by atoms with Gasteiger partial charge in [-0.2, -0.15) is 0 Å². The smallest absolute Gasteiger partial charge is 0.0967 e. The van der Waals surface area contributed by atoms with Gasteiger partial charge in [-0.25, -0.2) is 4.98 Å². The van der Waals surface area contributed by atoms with E-state index in [0.29, 0.717) is 0 Å².